The average Bonchev–Trinajstić information content (AvgIpc) is 1.64. The maximum absolute atomic E-state index is 13.2. The first-order valence-electron chi connectivity index (χ1n) is 33.3. The fraction of sp³-hybridized carbons (Fsp3) is 0.247. The third-order valence-electron chi connectivity index (χ3n) is 17.8. The van der Waals surface area contributed by atoms with Crippen molar-refractivity contribution < 1.29 is 53.3 Å². The van der Waals surface area contributed by atoms with E-state index >= 15 is 0 Å². The summed E-state index contributed by atoms with van der Waals surface area (Å²) in [7, 11) is 3.58. The summed E-state index contributed by atoms with van der Waals surface area (Å²) in [5.41, 5.74) is 25.9. The number of piperazine rings is 1. The van der Waals surface area contributed by atoms with Crippen LogP contribution in [0.1, 0.15) is 131 Å². The summed E-state index contributed by atoms with van der Waals surface area (Å²) in [5.74, 6) is -1.80. The SMILES string of the molecule is CC(N)=S.COc1[nH]c(C)c(C(=O)O)c1C.Cc1nc(-c2ccc3c(c2)/C(=C/c2[nH]c(C)c(C(=O)N4CCN(C)CC4)c2C)C(=O)N3)cs1.Cc1nc(-c2ccc3c(c2)/C(=C/c2[nH]c(C)c(C(=O)O)c2C)C(=O)N3)cs1.Cc1nc(-c2ccc3c(c2)CC(=O)N3)cs1.Cl.O=C1Cc2cc(C(=O)CCl)ccc2N1. The predicted molar refractivity (Wildman–Crippen MR) is 430 cm³/mol. The topological polar surface area (TPSA) is 353 Å². The lowest BCUT2D eigenvalue weighted by Gasteiger charge is -2.32. The molecule has 5 aliphatic heterocycles. The van der Waals surface area contributed by atoms with E-state index in [4.69, 9.17) is 27.2 Å². The summed E-state index contributed by atoms with van der Waals surface area (Å²) in [4.78, 5) is 122. The molecule has 0 aliphatic carbocycles. The highest BCUT2D eigenvalue weighted by Crippen LogP contribution is 2.40. The van der Waals surface area contributed by atoms with Crippen LogP contribution in [0.4, 0.5) is 22.7 Å². The number of ether oxygens (including phenoxy) is 1. The van der Waals surface area contributed by atoms with Crippen LogP contribution in [0.5, 0.6) is 5.88 Å². The molecule has 1 saturated heterocycles. The molecule has 15 rings (SSSR count). The van der Waals surface area contributed by atoms with E-state index in [1.165, 1.54) is 7.11 Å². The number of aryl methyl sites for hydroxylation is 6. The summed E-state index contributed by atoms with van der Waals surface area (Å²) in [6, 6.07) is 22.8. The maximum Gasteiger partial charge on any atom is 0.337 e. The van der Waals surface area contributed by atoms with Crippen LogP contribution < -0.4 is 31.7 Å². The second-order valence-electron chi connectivity index (χ2n) is 25.5. The molecule has 4 aromatic carbocycles. The molecule has 6 aromatic heterocycles. The molecule has 556 valence electrons. The number of methoxy groups -OCH3 is 1. The number of carbonyl (C=O) groups is 8. The zero-order valence-corrected chi connectivity index (χ0v) is 65.4. The first-order valence-corrected chi connectivity index (χ1v) is 36.9. The van der Waals surface area contributed by atoms with E-state index in [0.717, 1.165) is 137 Å². The lowest BCUT2D eigenvalue weighted by molar-refractivity contribution is -0.115. The Balaban J connectivity index is 0.000000160. The number of fused-ring (bicyclic) bond motifs is 4. The molecule has 30 heteroatoms. The molecule has 0 radical (unpaired) electrons. The van der Waals surface area contributed by atoms with Crippen molar-refractivity contribution >= 4 is 169 Å². The number of halogens is 2. The molecule has 107 heavy (non-hydrogen) atoms. The summed E-state index contributed by atoms with van der Waals surface area (Å²) in [6.45, 7) is 21.5. The number of carboxylic acid groups (broad SMARTS) is 2. The summed E-state index contributed by atoms with van der Waals surface area (Å²) in [6.07, 6.45) is 4.40. The van der Waals surface area contributed by atoms with Crippen molar-refractivity contribution in [2.24, 2.45) is 5.73 Å². The van der Waals surface area contributed by atoms with Crippen LogP contribution >= 0.6 is 70.2 Å². The monoisotopic (exact) mass is 1560 g/mol. The van der Waals surface area contributed by atoms with Gasteiger partial charge in [-0.05, 0) is 165 Å². The van der Waals surface area contributed by atoms with Gasteiger partial charge in [-0.25, -0.2) is 24.5 Å². The van der Waals surface area contributed by atoms with Crippen LogP contribution in [0.15, 0.2) is 88.9 Å². The summed E-state index contributed by atoms with van der Waals surface area (Å²) >= 11 is 14.6. The van der Waals surface area contributed by atoms with Gasteiger partial charge in [-0.15, -0.1) is 58.0 Å². The number of benzene rings is 4. The molecular formula is C77H79Cl2N13O11S4. The minimum absolute atomic E-state index is 0. The highest BCUT2D eigenvalue weighted by atomic mass is 35.5. The number of thiazole rings is 3. The zero-order valence-electron chi connectivity index (χ0n) is 60.6. The number of nitrogens with zero attached hydrogens (tertiary/aromatic N) is 5. The second kappa shape index (κ2) is 34.7. The Morgan fingerprint density at radius 2 is 0.963 bits per heavy atom. The lowest BCUT2D eigenvalue weighted by Crippen LogP contribution is -2.47. The van der Waals surface area contributed by atoms with Crippen molar-refractivity contribution in [2.45, 2.75) is 82.1 Å². The fourth-order valence-electron chi connectivity index (χ4n) is 12.5. The van der Waals surface area contributed by atoms with Crippen molar-refractivity contribution in [1.82, 2.24) is 39.7 Å². The minimum Gasteiger partial charge on any atom is -0.482 e. The lowest BCUT2D eigenvalue weighted by atomic mass is 10.0. The van der Waals surface area contributed by atoms with E-state index in [2.05, 4.69) is 75.3 Å². The van der Waals surface area contributed by atoms with Crippen molar-refractivity contribution in [3.63, 3.8) is 0 Å². The van der Waals surface area contributed by atoms with E-state index in [1.807, 2.05) is 116 Å². The zero-order chi connectivity index (χ0) is 76.7. The number of ketones is 1. The van der Waals surface area contributed by atoms with Gasteiger partial charge >= 0.3 is 11.9 Å². The Morgan fingerprint density at radius 1 is 0.570 bits per heavy atom. The fourth-order valence-corrected chi connectivity index (χ4v) is 14.5. The number of nitrogens with two attached hydrogens (primary N) is 1. The average molecular weight is 1560 g/mol. The van der Waals surface area contributed by atoms with E-state index in [0.29, 0.717) is 79.8 Å². The van der Waals surface area contributed by atoms with Gasteiger partial charge in [0.25, 0.3) is 17.7 Å². The van der Waals surface area contributed by atoms with Crippen LogP contribution in [-0.2, 0) is 32.0 Å². The molecular weight excluding hydrogens is 1480 g/mol. The largest absolute Gasteiger partial charge is 0.482 e. The van der Waals surface area contributed by atoms with Crippen LogP contribution in [-0.4, -0.2) is 148 Å². The number of likely N-dealkylation sites (N-methyl/N-ethyl adjacent to an activating group) is 1. The van der Waals surface area contributed by atoms with E-state index in [9.17, 15) is 43.5 Å². The van der Waals surface area contributed by atoms with Crippen molar-refractivity contribution in [3.05, 3.63) is 194 Å². The van der Waals surface area contributed by atoms with Crippen LogP contribution in [0.3, 0.4) is 0 Å². The maximum atomic E-state index is 13.2. The van der Waals surface area contributed by atoms with Crippen molar-refractivity contribution in [2.75, 3.05) is 67.5 Å². The first kappa shape index (κ1) is 80.4. The normalized spacial score (nSPS) is 14.2. The Morgan fingerprint density at radius 3 is 1.36 bits per heavy atom. The number of thiocarbonyl (C=S) groups is 1. The molecule has 24 nitrogen and oxygen atoms in total. The number of Topliss-reactive ketones (excluding diaryl/α,β-unsaturated/α-hetero) is 1. The smallest absolute Gasteiger partial charge is 0.337 e. The van der Waals surface area contributed by atoms with Crippen molar-refractivity contribution in [3.8, 4) is 39.7 Å². The number of carboxylic acids is 2. The van der Waals surface area contributed by atoms with Gasteiger partial charge in [0.2, 0.25) is 11.8 Å². The molecule has 0 saturated carbocycles. The predicted octanol–water partition coefficient (Wildman–Crippen LogP) is 14.5. The van der Waals surface area contributed by atoms with Gasteiger partial charge in [-0.2, -0.15) is 0 Å². The van der Waals surface area contributed by atoms with Crippen LogP contribution in [0.2, 0.25) is 0 Å². The number of alkyl halides is 1. The number of aromatic amines is 3. The van der Waals surface area contributed by atoms with Crippen LogP contribution in [0.25, 0.3) is 57.1 Å². The number of carbonyl (C=O) groups excluding carboxylic acids is 6. The van der Waals surface area contributed by atoms with E-state index < -0.39 is 11.9 Å². The van der Waals surface area contributed by atoms with E-state index in [1.54, 1.807) is 92.9 Å². The number of H-pyrrole nitrogens is 3. The third-order valence-corrected chi connectivity index (χ3v) is 20.4. The number of aromatic carboxylic acids is 2. The van der Waals surface area contributed by atoms with Crippen LogP contribution in [0, 0.1) is 62.3 Å². The minimum atomic E-state index is -0.983. The molecule has 11 N–H and O–H groups in total. The molecule has 0 atom stereocenters. The number of rotatable bonds is 11. The third kappa shape index (κ3) is 18.7. The highest BCUT2D eigenvalue weighted by molar-refractivity contribution is 7.80. The number of hydrogen-bond acceptors (Lipinski definition) is 17. The number of amides is 5. The molecule has 0 spiro atoms. The molecule has 0 unspecified atom stereocenters. The number of aromatic nitrogens is 6. The molecule has 5 amide bonds. The quantitative estimate of drug-likeness (QED) is 0.0249. The molecule has 10 aromatic rings. The van der Waals surface area contributed by atoms with Gasteiger partial charge in [0.1, 0.15) is 0 Å². The second-order valence-corrected chi connectivity index (χ2v) is 29.6. The van der Waals surface area contributed by atoms with Gasteiger partial charge in [-0.3, -0.25) is 28.8 Å². The van der Waals surface area contributed by atoms with E-state index in [-0.39, 0.29) is 59.2 Å². The molecule has 11 heterocycles. The Hall–Kier alpha value is -10.7. The summed E-state index contributed by atoms with van der Waals surface area (Å²) in [5, 5.41) is 38.6. The van der Waals surface area contributed by atoms with Gasteiger partial charge in [-0.1, -0.05) is 30.4 Å². The molecule has 0 bridgehead atoms. The summed E-state index contributed by atoms with van der Waals surface area (Å²) < 4.78 is 4.94. The van der Waals surface area contributed by atoms with Crippen molar-refractivity contribution in [1.29, 1.82) is 0 Å². The Kier molecular flexibility index (Phi) is 26.0. The Bertz CT molecular complexity index is 5240. The standard InChI is InChI=1S/C25H27N5O2S.C20H17N3O3S.C12H10N2OS.C10H8ClNO2.C8H11NO3.C2H5NS.ClH/c1-14-21(26-15(2)23(14)25(32)30-9-7-29(4)8-10-30)12-19-18-11-17(22-13-33-16(3)27-22)5-6-20(18)28-24(19)31;1-9-16(21-10(2)18(9)20(25)26)7-14-13-6-12(17-8-27-11(3)22-17)4-5-15(13)23-19(14)24;1-7-13-11(6-16-7)8-2-3-10-9(4-8)5-12(15)14-10;11-5-9(13)6-1-2-8-7(3-6)4-10(14)12-8;1-4-6(8(10)11)5(2)9-7(4)12-3;1-2(3)4;/h5-6,11-13,26H,7-10H2,1-4H3,(H,28,31);4-8,21H,1-3H3,(H,23,24)(H,25,26);2-4,6H,5H2,1H3,(H,14,15);1-3H,4-5H2,(H,12,14);9H,1-3H3,(H,10,11);1H3,(H2,3,4);1H/b19-12-;14-7-;;;;;. The molecule has 5 aliphatic rings. The molecule has 1 fully saturated rings. The number of nitrogens with one attached hydrogen (secondary N) is 7. The van der Waals surface area contributed by atoms with Gasteiger partial charge in [0.05, 0.1) is 90.8 Å². The number of anilines is 4. The number of hydrogen-bond donors (Lipinski definition) is 10. The highest BCUT2D eigenvalue weighted by Gasteiger charge is 2.31. The van der Waals surface area contributed by atoms with Gasteiger partial charge in [0.15, 0.2) is 11.7 Å². The van der Waals surface area contributed by atoms with Gasteiger partial charge < -0.3 is 66.7 Å². The Labute approximate surface area is 645 Å². The van der Waals surface area contributed by atoms with Gasteiger partial charge in [0, 0.05) is 132 Å². The first-order chi connectivity index (χ1) is 50.4.